The molecule has 1 aromatic rings. The molecule has 0 bridgehead atoms. The molecule has 5 heteroatoms. The highest BCUT2D eigenvalue weighted by molar-refractivity contribution is 9.10. The average molecular weight is 263 g/mol. The molecule has 13 heavy (non-hydrogen) atoms. The minimum absolute atomic E-state index is 0.341. The fourth-order valence-electron chi connectivity index (χ4n) is 0.793. The van der Waals surface area contributed by atoms with Gasteiger partial charge in [0.05, 0.1) is 5.69 Å². The molecule has 0 heterocycles. The highest BCUT2D eigenvalue weighted by Gasteiger charge is 2.06. The second kappa shape index (κ2) is 4.53. The number of para-hydroxylation sites is 1. The van der Waals surface area contributed by atoms with Crippen molar-refractivity contribution in [3.05, 3.63) is 28.5 Å². The standard InChI is InChI=1S/C8H8BrFN2S/c1-11-8(13)12-7-5(9)3-2-4-6(7)10/h2-4H,1H3,(H2,11,12,13). The van der Waals surface area contributed by atoms with Gasteiger partial charge in [0, 0.05) is 11.5 Å². The van der Waals surface area contributed by atoms with Crippen molar-refractivity contribution in [1.29, 1.82) is 0 Å². The van der Waals surface area contributed by atoms with Crippen LogP contribution in [0.5, 0.6) is 0 Å². The third kappa shape index (κ3) is 2.63. The lowest BCUT2D eigenvalue weighted by Crippen LogP contribution is -2.24. The van der Waals surface area contributed by atoms with Gasteiger partial charge in [-0.3, -0.25) is 0 Å². The molecular formula is C8H8BrFN2S. The van der Waals surface area contributed by atoms with Crippen LogP contribution in [0.4, 0.5) is 10.1 Å². The maximum absolute atomic E-state index is 13.2. The molecular weight excluding hydrogens is 255 g/mol. The van der Waals surface area contributed by atoms with E-state index in [0.29, 0.717) is 15.3 Å². The van der Waals surface area contributed by atoms with E-state index in [9.17, 15) is 4.39 Å². The first-order chi connectivity index (χ1) is 6.15. The summed E-state index contributed by atoms with van der Waals surface area (Å²) in [5.74, 6) is -0.341. The summed E-state index contributed by atoms with van der Waals surface area (Å²) in [4.78, 5) is 0. The lowest BCUT2D eigenvalue weighted by Gasteiger charge is -2.09. The summed E-state index contributed by atoms with van der Waals surface area (Å²) in [6.45, 7) is 0. The molecule has 0 saturated carbocycles. The smallest absolute Gasteiger partial charge is 0.170 e. The molecule has 0 fully saturated rings. The minimum atomic E-state index is -0.341. The first kappa shape index (κ1) is 10.4. The summed E-state index contributed by atoms with van der Waals surface area (Å²) >= 11 is 8.06. The topological polar surface area (TPSA) is 24.1 Å². The first-order valence-corrected chi connectivity index (χ1v) is 4.78. The third-order valence-corrected chi connectivity index (χ3v) is 2.40. The zero-order valence-electron chi connectivity index (χ0n) is 6.90. The molecule has 70 valence electrons. The Balaban J connectivity index is 2.93. The van der Waals surface area contributed by atoms with Crippen LogP contribution in [0.15, 0.2) is 22.7 Å². The van der Waals surface area contributed by atoms with E-state index >= 15 is 0 Å². The largest absolute Gasteiger partial charge is 0.366 e. The molecule has 2 N–H and O–H groups in total. The second-order valence-corrected chi connectivity index (χ2v) is 3.56. The minimum Gasteiger partial charge on any atom is -0.366 e. The number of hydrogen-bond acceptors (Lipinski definition) is 1. The van der Waals surface area contributed by atoms with E-state index in [2.05, 4.69) is 26.6 Å². The normalized spacial score (nSPS) is 9.46. The summed E-state index contributed by atoms with van der Waals surface area (Å²) in [7, 11) is 1.67. The number of thiocarbonyl (C=S) groups is 1. The molecule has 1 rings (SSSR count). The Kier molecular flexibility index (Phi) is 3.62. The zero-order chi connectivity index (χ0) is 9.84. The Bertz CT molecular complexity index is 310. The van der Waals surface area contributed by atoms with Crippen molar-refractivity contribution in [3.8, 4) is 0 Å². The van der Waals surface area contributed by atoms with Gasteiger partial charge >= 0.3 is 0 Å². The Morgan fingerprint density at radius 3 is 2.77 bits per heavy atom. The van der Waals surface area contributed by atoms with Crippen LogP contribution in [0, 0.1) is 5.82 Å². The van der Waals surface area contributed by atoms with Gasteiger partial charge in [0.25, 0.3) is 0 Å². The van der Waals surface area contributed by atoms with Crippen molar-refractivity contribution in [3.63, 3.8) is 0 Å². The number of hydrogen-bond donors (Lipinski definition) is 2. The number of halogens is 2. The fourth-order valence-corrected chi connectivity index (χ4v) is 1.34. The Morgan fingerprint density at radius 1 is 1.54 bits per heavy atom. The van der Waals surface area contributed by atoms with Crippen LogP contribution in [0.3, 0.4) is 0 Å². The van der Waals surface area contributed by atoms with Crippen LogP contribution in [0.25, 0.3) is 0 Å². The number of anilines is 1. The summed E-state index contributed by atoms with van der Waals surface area (Å²) in [5, 5.41) is 5.81. The molecule has 0 saturated heterocycles. The van der Waals surface area contributed by atoms with Crippen molar-refractivity contribution in [1.82, 2.24) is 5.32 Å². The molecule has 0 aliphatic heterocycles. The van der Waals surface area contributed by atoms with E-state index in [1.807, 2.05) is 0 Å². The van der Waals surface area contributed by atoms with Gasteiger partial charge in [-0.15, -0.1) is 0 Å². The van der Waals surface area contributed by atoms with Crippen molar-refractivity contribution in [2.45, 2.75) is 0 Å². The van der Waals surface area contributed by atoms with E-state index in [1.54, 1.807) is 19.2 Å². The van der Waals surface area contributed by atoms with E-state index in [4.69, 9.17) is 12.2 Å². The van der Waals surface area contributed by atoms with Crippen molar-refractivity contribution in [2.24, 2.45) is 0 Å². The maximum Gasteiger partial charge on any atom is 0.170 e. The van der Waals surface area contributed by atoms with E-state index in [0.717, 1.165) is 0 Å². The van der Waals surface area contributed by atoms with Gasteiger partial charge in [-0.1, -0.05) is 6.07 Å². The number of rotatable bonds is 1. The van der Waals surface area contributed by atoms with E-state index < -0.39 is 0 Å². The molecule has 2 nitrogen and oxygen atoms in total. The van der Waals surface area contributed by atoms with Crippen LogP contribution in [-0.4, -0.2) is 12.2 Å². The van der Waals surface area contributed by atoms with Crippen LogP contribution in [0.1, 0.15) is 0 Å². The molecule has 0 aromatic heterocycles. The predicted molar refractivity (Wildman–Crippen MR) is 59.4 cm³/mol. The quantitative estimate of drug-likeness (QED) is 0.761. The van der Waals surface area contributed by atoms with Gasteiger partial charge in [-0.25, -0.2) is 4.39 Å². The molecule has 0 atom stereocenters. The Hall–Kier alpha value is -0.680. The molecule has 0 amide bonds. The number of nitrogens with one attached hydrogen (secondary N) is 2. The van der Waals surface area contributed by atoms with Gasteiger partial charge in [-0.2, -0.15) is 0 Å². The van der Waals surface area contributed by atoms with Crippen molar-refractivity contribution >= 4 is 38.9 Å². The molecule has 0 spiro atoms. The zero-order valence-corrected chi connectivity index (χ0v) is 9.30. The van der Waals surface area contributed by atoms with Crippen LogP contribution in [-0.2, 0) is 0 Å². The predicted octanol–water partition coefficient (Wildman–Crippen LogP) is 2.50. The molecule has 0 aliphatic rings. The van der Waals surface area contributed by atoms with Crippen LogP contribution < -0.4 is 10.6 Å². The monoisotopic (exact) mass is 262 g/mol. The summed E-state index contributed by atoms with van der Waals surface area (Å²) < 4.78 is 13.8. The second-order valence-electron chi connectivity index (χ2n) is 2.30. The third-order valence-electron chi connectivity index (χ3n) is 1.43. The fraction of sp³-hybridized carbons (Fsp3) is 0.125. The number of benzene rings is 1. The summed E-state index contributed by atoms with van der Waals surface area (Å²) in [6, 6.07) is 4.72. The lowest BCUT2D eigenvalue weighted by molar-refractivity contribution is 0.631. The van der Waals surface area contributed by atoms with Crippen molar-refractivity contribution < 1.29 is 4.39 Å². The van der Waals surface area contributed by atoms with Crippen LogP contribution in [0.2, 0.25) is 0 Å². The summed E-state index contributed by atoms with van der Waals surface area (Å²) in [6.07, 6.45) is 0. The van der Waals surface area contributed by atoms with Gasteiger partial charge in [0.1, 0.15) is 5.82 Å². The Morgan fingerprint density at radius 2 is 2.23 bits per heavy atom. The molecule has 0 unspecified atom stereocenters. The van der Waals surface area contributed by atoms with Gasteiger partial charge in [0.2, 0.25) is 0 Å². The van der Waals surface area contributed by atoms with E-state index in [1.165, 1.54) is 6.07 Å². The maximum atomic E-state index is 13.2. The summed E-state index contributed by atoms with van der Waals surface area (Å²) in [5.41, 5.74) is 0.349. The lowest BCUT2D eigenvalue weighted by atomic mass is 10.3. The SMILES string of the molecule is CNC(=S)Nc1c(F)cccc1Br. The average Bonchev–Trinajstić information content (AvgIpc) is 2.11. The van der Waals surface area contributed by atoms with Gasteiger partial charge < -0.3 is 10.6 Å². The van der Waals surface area contributed by atoms with Crippen LogP contribution >= 0.6 is 28.1 Å². The van der Waals surface area contributed by atoms with Crippen molar-refractivity contribution in [2.75, 3.05) is 12.4 Å². The highest BCUT2D eigenvalue weighted by Crippen LogP contribution is 2.24. The highest BCUT2D eigenvalue weighted by atomic mass is 79.9. The van der Waals surface area contributed by atoms with Gasteiger partial charge in [0.15, 0.2) is 5.11 Å². The molecule has 0 aliphatic carbocycles. The Labute approximate surface area is 89.7 Å². The van der Waals surface area contributed by atoms with E-state index in [-0.39, 0.29) is 5.82 Å². The van der Waals surface area contributed by atoms with Gasteiger partial charge in [-0.05, 0) is 40.3 Å². The molecule has 0 radical (unpaired) electrons. The first-order valence-electron chi connectivity index (χ1n) is 3.58. The molecule has 1 aromatic carbocycles.